The number of furan rings is 1. The van der Waals surface area contributed by atoms with Gasteiger partial charge in [0.1, 0.15) is 34.4 Å². The minimum Gasteiger partial charge on any atom is -0.465 e. The highest BCUT2D eigenvalue weighted by Crippen LogP contribution is 2.22. The van der Waals surface area contributed by atoms with Crippen molar-refractivity contribution in [2.24, 2.45) is 0 Å². The predicted octanol–water partition coefficient (Wildman–Crippen LogP) is 3.67. The van der Waals surface area contributed by atoms with Crippen molar-refractivity contribution in [2.45, 2.75) is 33.8 Å². The first-order chi connectivity index (χ1) is 11.2. The standard InChI is InChI=1S/C17H17F2NO4/c1-8-9(2)23-10(3)14(8)17(22)24-11(4)16(21)20-15-12(18)6-5-7-13(15)19/h5-7,11H,1-4H3,(H,20,21)/t11-/m1/s1. The predicted molar refractivity (Wildman–Crippen MR) is 82.8 cm³/mol. The number of hydrogen-bond acceptors (Lipinski definition) is 4. The second kappa shape index (κ2) is 6.82. The summed E-state index contributed by atoms with van der Waals surface area (Å²) >= 11 is 0. The van der Waals surface area contributed by atoms with Gasteiger partial charge in [-0.05, 0) is 39.8 Å². The third-order valence-electron chi connectivity index (χ3n) is 3.63. The second-order valence-corrected chi connectivity index (χ2v) is 5.35. The summed E-state index contributed by atoms with van der Waals surface area (Å²) in [7, 11) is 0. The number of nitrogens with one attached hydrogen (secondary N) is 1. The molecule has 1 atom stereocenters. The largest absolute Gasteiger partial charge is 0.465 e. The van der Waals surface area contributed by atoms with E-state index in [0.29, 0.717) is 17.1 Å². The Hall–Kier alpha value is -2.70. The maximum absolute atomic E-state index is 13.5. The van der Waals surface area contributed by atoms with Crippen molar-refractivity contribution in [2.75, 3.05) is 5.32 Å². The molecule has 1 aromatic carbocycles. The zero-order chi connectivity index (χ0) is 18.0. The van der Waals surface area contributed by atoms with Crippen LogP contribution in [0.4, 0.5) is 14.5 Å². The number of benzene rings is 1. The fraction of sp³-hybridized carbons (Fsp3) is 0.294. The Kier molecular flexibility index (Phi) is 5.02. The SMILES string of the molecule is Cc1oc(C)c(C(=O)O[C@H](C)C(=O)Nc2c(F)cccc2F)c1C. The van der Waals surface area contributed by atoms with Gasteiger partial charge in [-0.3, -0.25) is 4.79 Å². The molecule has 7 heteroatoms. The lowest BCUT2D eigenvalue weighted by atomic mass is 10.1. The molecule has 0 saturated heterocycles. The molecule has 1 N–H and O–H groups in total. The molecule has 0 aliphatic rings. The number of rotatable bonds is 4. The van der Waals surface area contributed by atoms with Crippen molar-refractivity contribution in [3.63, 3.8) is 0 Å². The zero-order valence-corrected chi connectivity index (χ0v) is 13.7. The highest BCUT2D eigenvalue weighted by atomic mass is 19.1. The molecule has 0 spiro atoms. The van der Waals surface area contributed by atoms with E-state index in [4.69, 9.17) is 9.15 Å². The monoisotopic (exact) mass is 337 g/mol. The maximum Gasteiger partial charge on any atom is 0.342 e. The van der Waals surface area contributed by atoms with Crippen LogP contribution in [-0.4, -0.2) is 18.0 Å². The number of para-hydroxylation sites is 1. The first kappa shape index (κ1) is 17.7. The lowest BCUT2D eigenvalue weighted by Crippen LogP contribution is -2.30. The van der Waals surface area contributed by atoms with Gasteiger partial charge in [0.05, 0.1) is 0 Å². The molecule has 2 aromatic rings. The van der Waals surface area contributed by atoms with E-state index in [1.54, 1.807) is 20.8 Å². The van der Waals surface area contributed by atoms with Gasteiger partial charge < -0.3 is 14.5 Å². The molecule has 5 nitrogen and oxygen atoms in total. The number of carbonyl (C=O) groups excluding carboxylic acids is 2. The Bertz CT molecular complexity index is 778. The molecule has 1 aromatic heterocycles. The Labute approximate surface area is 137 Å². The van der Waals surface area contributed by atoms with Gasteiger partial charge in [0, 0.05) is 5.56 Å². The summed E-state index contributed by atoms with van der Waals surface area (Å²) in [4.78, 5) is 24.2. The lowest BCUT2D eigenvalue weighted by Gasteiger charge is -2.14. The number of halogens is 2. The van der Waals surface area contributed by atoms with Crippen LogP contribution in [0.1, 0.15) is 34.4 Å². The van der Waals surface area contributed by atoms with E-state index in [-0.39, 0.29) is 5.56 Å². The maximum atomic E-state index is 13.5. The molecule has 1 amide bonds. The smallest absolute Gasteiger partial charge is 0.342 e. The summed E-state index contributed by atoms with van der Waals surface area (Å²) < 4.78 is 37.5. The average Bonchev–Trinajstić information content (AvgIpc) is 2.75. The number of aryl methyl sites for hydroxylation is 2. The number of ether oxygens (including phenoxy) is 1. The van der Waals surface area contributed by atoms with Gasteiger partial charge in [-0.2, -0.15) is 0 Å². The van der Waals surface area contributed by atoms with Crippen molar-refractivity contribution < 1.29 is 27.5 Å². The minimum absolute atomic E-state index is 0.240. The fourth-order valence-corrected chi connectivity index (χ4v) is 2.21. The molecule has 0 aliphatic carbocycles. The van der Waals surface area contributed by atoms with Crippen molar-refractivity contribution in [1.82, 2.24) is 0 Å². The van der Waals surface area contributed by atoms with Crippen LogP contribution in [-0.2, 0) is 9.53 Å². The summed E-state index contributed by atoms with van der Waals surface area (Å²) in [5.74, 6) is -2.47. The van der Waals surface area contributed by atoms with E-state index in [1.807, 2.05) is 0 Å². The van der Waals surface area contributed by atoms with Crippen molar-refractivity contribution in [1.29, 1.82) is 0 Å². The van der Waals surface area contributed by atoms with Crippen molar-refractivity contribution in [3.05, 3.63) is 52.5 Å². The van der Waals surface area contributed by atoms with Crippen LogP contribution < -0.4 is 5.32 Å². The van der Waals surface area contributed by atoms with Crippen LogP contribution in [0.2, 0.25) is 0 Å². The Morgan fingerprint density at radius 1 is 1.12 bits per heavy atom. The summed E-state index contributed by atoms with van der Waals surface area (Å²) in [5.41, 5.74) is 0.270. The quantitative estimate of drug-likeness (QED) is 0.865. The van der Waals surface area contributed by atoms with Crippen LogP contribution in [0, 0.1) is 32.4 Å². The topological polar surface area (TPSA) is 68.5 Å². The van der Waals surface area contributed by atoms with Gasteiger partial charge >= 0.3 is 5.97 Å². The van der Waals surface area contributed by atoms with Crippen LogP contribution in [0.25, 0.3) is 0 Å². The number of esters is 1. The van der Waals surface area contributed by atoms with Gasteiger partial charge in [-0.15, -0.1) is 0 Å². The highest BCUT2D eigenvalue weighted by Gasteiger charge is 2.25. The summed E-state index contributed by atoms with van der Waals surface area (Å²) in [6.45, 7) is 6.32. The van der Waals surface area contributed by atoms with Crippen molar-refractivity contribution in [3.8, 4) is 0 Å². The highest BCUT2D eigenvalue weighted by molar-refractivity contribution is 5.98. The Morgan fingerprint density at radius 2 is 1.71 bits per heavy atom. The molecule has 0 fully saturated rings. The molecule has 128 valence electrons. The molecule has 1 heterocycles. The summed E-state index contributed by atoms with van der Waals surface area (Å²) in [6, 6.07) is 3.20. The molecule has 0 unspecified atom stereocenters. The number of hydrogen-bond donors (Lipinski definition) is 1. The van der Waals surface area contributed by atoms with Crippen LogP contribution in [0.15, 0.2) is 22.6 Å². The zero-order valence-electron chi connectivity index (χ0n) is 13.7. The summed E-state index contributed by atoms with van der Waals surface area (Å²) in [5, 5.41) is 2.08. The molecule has 24 heavy (non-hydrogen) atoms. The van der Waals surface area contributed by atoms with Gasteiger partial charge in [0.15, 0.2) is 6.10 Å². The van der Waals surface area contributed by atoms with E-state index >= 15 is 0 Å². The van der Waals surface area contributed by atoms with Crippen LogP contribution >= 0.6 is 0 Å². The summed E-state index contributed by atoms with van der Waals surface area (Å²) in [6.07, 6.45) is -1.24. The van der Waals surface area contributed by atoms with Gasteiger partial charge in [0.2, 0.25) is 0 Å². The first-order valence-corrected chi connectivity index (χ1v) is 7.24. The molecular weight excluding hydrogens is 320 g/mol. The molecule has 0 bridgehead atoms. The van der Waals surface area contributed by atoms with Crippen LogP contribution in [0.5, 0.6) is 0 Å². The normalized spacial score (nSPS) is 11.9. The van der Waals surface area contributed by atoms with Crippen molar-refractivity contribution >= 4 is 17.6 Å². The van der Waals surface area contributed by atoms with E-state index in [1.165, 1.54) is 13.0 Å². The molecule has 2 rings (SSSR count). The van der Waals surface area contributed by atoms with E-state index in [2.05, 4.69) is 5.32 Å². The van der Waals surface area contributed by atoms with E-state index in [0.717, 1.165) is 12.1 Å². The Morgan fingerprint density at radius 3 is 2.21 bits per heavy atom. The third kappa shape index (κ3) is 3.45. The number of carbonyl (C=O) groups is 2. The average molecular weight is 337 g/mol. The van der Waals surface area contributed by atoms with Gasteiger partial charge in [-0.1, -0.05) is 6.07 Å². The molecule has 0 saturated carbocycles. The number of anilines is 1. The fourth-order valence-electron chi connectivity index (χ4n) is 2.21. The van der Waals surface area contributed by atoms with Gasteiger partial charge in [0.25, 0.3) is 5.91 Å². The first-order valence-electron chi connectivity index (χ1n) is 7.24. The van der Waals surface area contributed by atoms with Gasteiger partial charge in [-0.25, -0.2) is 13.6 Å². The van der Waals surface area contributed by atoms with E-state index in [9.17, 15) is 18.4 Å². The molecule has 0 radical (unpaired) electrons. The Balaban J connectivity index is 2.10. The van der Waals surface area contributed by atoms with Crippen LogP contribution in [0.3, 0.4) is 0 Å². The van der Waals surface area contributed by atoms with E-state index < -0.39 is 35.3 Å². The third-order valence-corrected chi connectivity index (χ3v) is 3.63. The molecule has 0 aliphatic heterocycles. The minimum atomic E-state index is -1.24. The lowest BCUT2D eigenvalue weighted by molar-refractivity contribution is -0.123. The number of amides is 1. The second-order valence-electron chi connectivity index (χ2n) is 5.35. The molecular formula is C17H17F2NO4.